The zero-order chi connectivity index (χ0) is 12.4. The lowest BCUT2D eigenvalue weighted by molar-refractivity contribution is 0.523. The molecular weight excluding hydrogens is 244 g/mol. The molecule has 18 heavy (non-hydrogen) atoms. The van der Waals surface area contributed by atoms with Crippen LogP contribution in [0.3, 0.4) is 0 Å². The first-order valence-corrected chi connectivity index (χ1v) is 7.38. The van der Waals surface area contributed by atoms with Crippen molar-refractivity contribution in [1.82, 2.24) is 14.5 Å². The van der Waals surface area contributed by atoms with Gasteiger partial charge in [-0.2, -0.15) is 0 Å². The molecule has 4 nitrogen and oxygen atoms in total. The zero-order valence-corrected chi connectivity index (χ0v) is 11.4. The van der Waals surface area contributed by atoms with Crippen molar-refractivity contribution in [2.45, 2.75) is 45.2 Å². The molecule has 0 aromatic carbocycles. The van der Waals surface area contributed by atoms with Crippen LogP contribution in [0.4, 0.5) is 5.95 Å². The van der Waals surface area contributed by atoms with Gasteiger partial charge in [-0.05, 0) is 19.8 Å². The minimum absolute atomic E-state index is 0.632. The van der Waals surface area contributed by atoms with Crippen LogP contribution in [0.15, 0.2) is 17.8 Å². The molecule has 0 radical (unpaired) electrons. The van der Waals surface area contributed by atoms with Gasteiger partial charge in [0.1, 0.15) is 0 Å². The van der Waals surface area contributed by atoms with Crippen molar-refractivity contribution in [1.29, 1.82) is 0 Å². The van der Waals surface area contributed by atoms with Crippen LogP contribution in [0.1, 0.15) is 42.4 Å². The lowest BCUT2D eigenvalue weighted by Crippen LogP contribution is -2.10. The molecule has 0 unspecified atom stereocenters. The first-order chi connectivity index (χ1) is 8.83. The Morgan fingerprint density at radius 1 is 1.44 bits per heavy atom. The number of aryl methyl sites for hydroxylation is 1. The Morgan fingerprint density at radius 2 is 2.28 bits per heavy atom. The maximum Gasteiger partial charge on any atom is 0.203 e. The normalized spacial score (nSPS) is 16.3. The summed E-state index contributed by atoms with van der Waals surface area (Å²) >= 11 is 1.69. The lowest BCUT2D eigenvalue weighted by atomic mass is 10.2. The van der Waals surface area contributed by atoms with E-state index in [0.29, 0.717) is 6.04 Å². The third kappa shape index (κ3) is 2.41. The fourth-order valence-electron chi connectivity index (χ4n) is 2.59. The molecule has 0 aliphatic heterocycles. The number of nitrogens with one attached hydrogen (secondary N) is 1. The fraction of sp³-hybridized carbons (Fsp3) is 0.538. The van der Waals surface area contributed by atoms with Gasteiger partial charge >= 0.3 is 0 Å². The molecule has 1 fully saturated rings. The minimum atomic E-state index is 0.632. The molecule has 0 saturated heterocycles. The van der Waals surface area contributed by atoms with Gasteiger partial charge in [0.25, 0.3) is 0 Å². The van der Waals surface area contributed by atoms with Crippen LogP contribution in [0.2, 0.25) is 0 Å². The summed E-state index contributed by atoms with van der Waals surface area (Å²) in [5.74, 6) is 0.979. The molecule has 96 valence electrons. The average Bonchev–Trinajstić information content (AvgIpc) is 3.07. The van der Waals surface area contributed by atoms with E-state index < -0.39 is 0 Å². The smallest absolute Gasteiger partial charge is 0.203 e. The second-order valence-electron chi connectivity index (χ2n) is 4.81. The summed E-state index contributed by atoms with van der Waals surface area (Å²) in [6.45, 7) is 2.79. The number of nitrogens with zero attached hydrogens (tertiary/aromatic N) is 3. The van der Waals surface area contributed by atoms with Crippen LogP contribution in [-0.4, -0.2) is 14.5 Å². The van der Waals surface area contributed by atoms with Crippen molar-refractivity contribution in [2.24, 2.45) is 0 Å². The Bertz CT molecular complexity index is 511. The van der Waals surface area contributed by atoms with E-state index in [2.05, 4.69) is 31.4 Å². The third-order valence-electron chi connectivity index (χ3n) is 3.48. The van der Waals surface area contributed by atoms with Crippen LogP contribution < -0.4 is 5.32 Å². The molecule has 5 heteroatoms. The summed E-state index contributed by atoms with van der Waals surface area (Å²) in [6.07, 6.45) is 9.21. The van der Waals surface area contributed by atoms with Gasteiger partial charge in [-0.1, -0.05) is 12.8 Å². The Morgan fingerprint density at radius 3 is 3.00 bits per heavy atom. The van der Waals surface area contributed by atoms with Crippen LogP contribution in [-0.2, 0) is 6.54 Å². The number of hydrogen-bond acceptors (Lipinski definition) is 4. The summed E-state index contributed by atoms with van der Waals surface area (Å²) < 4.78 is 2.28. The standard InChI is InChI=1S/C13H18N4S/c1-10-16-11(9-18-10)8-15-13-14-6-7-17(13)12-4-2-3-5-12/h6-7,9,12H,2-5,8H2,1H3,(H,14,15). The van der Waals surface area contributed by atoms with Crippen molar-refractivity contribution in [3.05, 3.63) is 28.5 Å². The fourth-order valence-corrected chi connectivity index (χ4v) is 3.20. The number of imidazole rings is 1. The van der Waals surface area contributed by atoms with E-state index in [1.807, 2.05) is 13.1 Å². The third-order valence-corrected chi connectivity index (χ3v) is 4.30. The molecule has 1 N–H and O–H groups in total. The predicted octanol–water partition coefficient (Wildman–Crippen LogP) is 3.38. The molecule has 0 amide bonds. The monoisotopic (exact) mass is 262 g/mol. The van der Waals surface area contributed by atoms with E-state index in [1.165, 1.54) is 25.7 Å². The number of aromatic nitrogens is 3. The van der Waals surface area contributed by atoms with Crippen molar-refractivity contribution in [3.8, 4) is 0 Å². The highest BCUT2D eigenvalue weighted by atomic mass is 32.1. The molecule has 2 heterocycles. The van der Waals surface area contributed by atoms with Crippen LogP contribution in [0.5, 0.6) is 0 Å². The predicted molar refractivity (Wildman–Crippen MR) is 73.9 cm³/mol. The van der Waals surface area contributed by atoms with E-state index in [-0.39, 0.29) is 0 Å². The topological polar surface area (TPSA) is 42.7 Å². The first kappa shape index (κ1) is 11.7. The van der Waals surface area contributed by atoms with Crippen LogP contribution in [0, 0.1) is 6.92 Å². The number of thiazole rings is 1. The Labute approximate surface area is 111 Å². The highest BCUT2D eigenvalue weighted by molar-refractivity contribution is 7.09. The van der Waals surface area contributed by atoms with E-state index in [0.717, 1.165) is 23.2 Å². The first-order valence-electron chi connectivity index (χ1n) is 6.50. The molecular formula is C13H18N4S. The summed E-state index contributed by atoms with van der Waals surface area (Å²) in [4.78, 5) is 8.87. The summed E-state index contributed by atoms with van der Waals surface area (Å²) in [7, 11) is 0. The average molecular weight is 262 g/mol. The Kier molecular flexibility index (Phi) is 3.32. The van der Waals surface area contributed by atoms with Crippen LogP contribution >= 0.6 is 11.3 Å². The van der Waals surface area contributed by atoms with E-state index >= 15 is 0 Å². The molecule has 2 aromatic heterocycles. The summed E-state index contributed by atoms with van der Waals surface area (Å²) in [5, 5.41) is 6.61. The summed E-state index contributed by atoms with van der Waals surface area (Å²) in [6, 6.07) is 0.632. The molecule has 1 saturated carbocycles. The zero-order valence-electron chi connectivity index (χ0n) is 10.6. The SMILES string of the molecule is Cc1nc(CNc2nccn2C2CCCC2)cs1. The molecule has 3 rings (SSSR count). The van der Waals surface area contributed by atoms with Gasteiger partial charge in [0, 0.05) is 23.8 Å². The molecule has 2 aromatic rings. The van der Waals surface area contributed by atoms with E-state index in [9.17, 15) is 0 Å². The molecule has 1 aliphatic carbocycles. The molecule has 0 atom stereocenters. The number of anilines is 1. The second-order valence-corrected chi connectivity index (χ2v) is 5.87. The quantitative estimate of drug-likeness (QED) is 0.918. The van der Waals surface area contributed by atoms with Gasteiger partial charge in [0.15, 0.2) is 0 Å². The number of hydrogen-bond donors (Lipinski definition) is 1. The second kappa shape index (κ2) is 5.10. The van der Waals surface area contributed by atoms with Crippen molar-refractivity contribution >= 4 is 17.3 Å². The van der Waals surface area contributed by atoms with Gasteiger partial charge in [-0.3, -0.25) is 0 Å². The highest BCUT2D eigenvalue weighted by Gasteiger charge is 2.18. The highest BCUT2D eigenvalue weighted by Crippen LogP contribution is 2.31. The van der Waals surface area contributed by atoms with E-state index in [1.54, 1.807) is 11.3 Å². The Hall–Kier alpha value is -1.36. The van der Waals surface area contributed by atoms with Crippen molar-refractivity contribution < 1.29 is 0 Å². The summed E-state index contributed by atoms with van der Waals surface area (Å²) in [5.41, 5.74) is 1.10. The van der Waals surface area contributed by atoms with Gasteiger partial charge in [-0.25, -0.2) is 9.97 Å². The van der Waals surface area contributed by atoms with Gasteiger partial charge in [0.05, 0.1) is 17.2 Å². The number of rotatable bonds is 4. The Balaban J connectivity index is 1.67. The maximum atomic E-state index is 4.46. The van der Waals surface area contributed by atoms with Gasteiger partial charge < -0.3 is 9.88 Å². The lowest BCUT2D eigenvalue weighted by Gasteiger charge is -2.15. The van der Waals surface area contributed by atoms with E-state index in [4.69, 9.17) is 0 Å². The largest absolute Gasteiger partial charge is 0.350 e. The molecule has 0 spiro atoms. The molecule has 0 bridgehead atoms. The molecule has 1 aliphatic rings. The van der Waals surface area contributed by atoms with Crippen LogP contribution in [0.25, 0.3) is 0 Å². The minimum Gasteiger partial charge on any atom is -0.350 e. The van der Waals surface area contributed by atoms with Gasteiger partial charge in [0.2, 0.25) is 5.95 Å². The van der Waals surface area contributed by atoms with Crippen molar-refractivity contribution in [3.63, 3.8) is 0 Å². The maximum absolute atomic E-state index is 4.46. The van der Waals surface area contributed by atoms with Crippen molar-refractivity contribution in [2.75, 3.05) is 5.32 Å². The van der Waals surface area contributed by atoms with Gasteiger partial charge in [-0.15, -0.1) is 11.3 Å².